The first-order valence-electron chi connectivity index (χ1n) is 13.4. The number of ether oxygens (including phenoxy) is 1. The van der Waals surface area contributed by atoms with Crippen LogP contribution in [-0.2, 0) is 11.5 Å². The van der Waals surface area contributed by atoms with Gasteiger partial charge in [-0.3, -0.25) is 14.8 Å². The number of aromatic nitrogens is 5. The van der Waals surface area contributed by atoms with Gasteiger partial charge in [-0.05, 0) is 30.3 Å². The maximum absolute atomic E-state index is 12.9. The van der Waals surface area contributed by atoms with Crippen molar-refractivity contribution in [2.75, 3.05) is 44.5 Å². The molecule has 0 spiro atoms. The number of rotatable bonds is 9. The van der Waals surface area contributed by atoms with Crippen LogP contribution in [0.4, 0.5) is 22.0 Å². The number of benzene rings is 1. The van der Waals surface area contributed by atoms with Crippen molar-refractivity contribution in [3.63, 3.8) is 0 Å². The monoisotopic (exact) mass is 581 g/mol. The van der Waals surface area contributed by atoms with Gasteiger partial charge in [0.05, 0.1) is 24.0 Å². The summed E-state index contributed by atoms with van der Waals surface area (Å²) < 4.78 is 13.6. The molecule has 3 amide bonds. The van der Waals surface area contributed by atoms with Gasteiger partial charge in [0.1, 0.15) is 6.33 Å². The Bertz CT molecular complexity index is 1410. The minimum absolute atomic E-state index is 0.0562. The Labute approximate surface area is 241 Å². The summed E-state index contributed by atoms with van der Waals surface area (Å²) in [5, 5.41) is 21.3. The molecule has 0 radical (unpaired) electrons. The zero-order valence-electron chi connectivity index (χ0n) is 24.9. The predicted molar refractivity (Wildman–Crippen MR) is 159 cm³/mol. The Morgan fingerprint density at radius 3 is 2.49 bits per heavy atom. The first kappa shape index (κ1) is 29.9. The number of nitrogens with zero attached hydrogens (tertiary/aromatic N) is 6. The number of hydrogen-bond donors (Lipinski definition) is 3. The van der Waals surface area contributed by atoms with Gasteiger partial charge in [-0.2, -0.15) is 5.10 Å². The Kier molecular flexibility index (Phi) is 8.63. The van der Waals surface area contributed by atoms with Crippen LogP contribution in [0.15, 0.2) is 30.6 Å². The van der Waals surface area contributed by atoms with Crippen molar-refractivity contribution in [2.45, 2.75) is 38.9 Å². The summed E-state index contributed by atoms with van der Waals surface area (Å²) in [6.07, 6.45) is 1.60. The fourth-order valence-corrected chi connectivity index (χ4v) is 5.13. The third-order valence-electron chi connectivity index (χ3n) is 7.53. The minimum atomic E-state index is -1.84. The molecule has 3 heterocycles. The molecule has 14 heteroatoms. The average molecular weight is 582 g/mol. The van der Waals surface area contributed by atoms with Crippen molar-refractivity contribution < 1.29 is 18.8 Å². The van der Waals surface area contributed by atoms with Crippen molar-refractivity contribution in [1.29, 1.82) is 0 Å². The van der Waals surface area contributed by atoms with Gasteiger partial charge in [0.15, 0.2) is 31.4 Å². The Balaban J connectivity index is 1.48. The van der Waals surface area contributed by atoms with Gasteiger partial charge >= 0.3 is 6.03 Å². The molecule has 4 rings (SSSR count). The van der Waals surface area contributed by atoms with E-state index in [2.05, 4.69) is 70.1 Å². The van der Waals surface area contributed by atoms with Crippen molar-refractivity contribution in [2.24, 2.45) is 13.0 Å². The van der Waals surface area contributed by atoms with Crippen molar-refractivity contribution >= 4 is 37.4 Å². The number of urea groups is 1. The Morgan fingerprint density at radius 2 is 1.88 bits per heavy atom. The Hall–Kier alpha value is -4.04. The molecule has 0 saturated carbocycles. The van der Waals surface area contributed by atoms with Gasteiger partial charge in [0.25, 0.3) is 5.91 Å². The summed E-state index contributed by atoms with van der Waals surface area (Å²) in [4.78, 5) is 31.5. The maximum atomic E-state index is 12.9. The number of para-hydroxylation sites is 1. The van der Waals surface area contributed by atoms with E-state index in [0.717, 1.165) is 0 Å². The lowest BCUT2D eigenvalue weighted by Crippen LogP contribution is -2.54. The molecule has 0 bridgehead atoms. The van der Waals surface area contributed by atoms with Gasteiger partial charge in [-0.25, -0.2) is 9.78 Å². The lowest BCUT2D eigenvalue weighted by molar-refractivity contribution is 0.0873. The molecule has 3 N–H and O–H groups in total. The first-order chi connectivity index (χ1) is 19.3. The van der Waals surface area contributed by atoms with Crippen LogP contribution >= 0.6 is 0 Å². The molecule has 3 aromatic rings. The molecule has 1 aromatic carbocycles. The second kappa shape index (κ2) is 11.8. The number of aryl methyl sites for hydroxylation is 1. The van der Waals surface area contributed by atoms with Crippen LogP contribution in [0.25, 0.3) is 11.4 Å². The van der Waals surface area contributed by atoms with Gasteiger partial charge < -0.3 is 24.7 Å². The maximum Gasteiger partial charge on any atom is 0.323 e. The third kappa shape index (κ3) is 6.65. The molecule has 0 aliphatic carbocycles. The molecular weight excluding hydrogens is 542 g/mol. The summed E-state index contributed by atoms with van der Waals surface area (Å²) in [7, 11) is 2.99. The number of nitrogens with one attached hydrogen (secondary N) is 3. The van der Waals surface area contributed by atoms with Gasteiger partial charge in [-0.15, -0.1) is 10.2 Å². The summed E-state index contributed by atoms with van der Waals surface area (Å²) in [5.74, 6) is 1.03. The third-order valence-corrected chi connectivity index (χ3v) is 12.0. The molecule has 0 atom stereocenters. The van der Waals surface area contributed by atoms with Crippen LogP contribution in [0, 0.1) is 5.92 Å². The summed E-state index contributed by atoms with van der Waals surface area (Å²) in [6.45, 7) is 12.9. The lowest BCUT2D eigenvalue weighted by Gasteiger charge is -2.42. The number of carbonyl (C=O) groups is 2. The zero-order valence-corrected chi connectivity index (χ0v) is 25.9. The lowest BCUT2D eigenvalue weighted by atomic mass is 10.0. The first-order valence-corrected chi connectivity index (χ1v) is 16.3. The van der Waals surface area contributed by atoms with Crippen LogP contribution in [0.1, 0.15) is 31.3 Å². The number of likely N-dealkylation sites (tertiary alicyclic amines) is 1. The highest BCUT2D eigenvalue weighted by Crippen LogP contribution is 2.38. The molecule has 41 heavy (non-hydrogen) atoms. The van der Waals surface area contributed by atoms with Crippen LogP contribution in [0.2, 0.25) is 18.1 Å². The van der Waals surface area contributed by atoms with Crippen LogP contribution in [-0.4, -0.2) is 84.0 Å². The average Bonchev–Trinajstić information content (AvgIpc) is 3.32. The molecule has 1 saturated heterocycles. The van der Waals surface area contributed by atoms with E-state index in [-0.39, 0.29) is 22.6 Å². The molecule has 0 unspecified atom stereocenters. The van der Waals surface area contributed by atoms with E-state index >= 15 is 0 Å². The van der Waals surface area contributed by atoms with Gasteiger partial charge in [-0.1, -0.05) is 26.8 Å². The van der Waals surface area contributed by atoms with E-state index < -0.39 is 14.2 Å². The van der Waals surface area contributed by atoms with E-state index in [1.807, 2.05) is 12.1 Å². The van der Waals surface area contributed by atoms with Crippen molar-refractivity contribution in [1.82, 2.24) is 35.2 Å². The van der Waals surface area contributed by atoms with E-state index in [1.165, 1.54) is 7.05 Å². The SMILES string of the molecule is CNC(=O)c1nnc(NC(=O)N2CC(CO[Si](C)(C)C(C)(C)C)C2)cc1Nc1cccc(-c2ncn(C)n2)c1OC. The normalized spacial score (nSPS) is 13.9. The molecule has 1 fully saturated rings. The van der Waals surface area contributed by atoms with E-state index in [0.29, 0.717) is 54.1 Å². The molecular formula is C27H39N9O4Si. The smallest absolute Gasteiger partial charge is 0.323 e. The topological polar surface area (TPSA) is 148 Å². The van der Waals surface area contributed by atoms with Crippen LogP contribution < -0.4 is 20.7 Å². The molecule has 13 nitrogen and oxygen atoms in total. The van der Waals surface area contributed by atoms with Gasteiger partial charge in [0, 0.05) is 45.8 Å². The van der Waals surface area contributed by atoms with Gasteiger partial charge in [0.2, 0.25) is 0 Å². The number of methoxy groups -OCH3 is 1. The zero-order chi connectivity index (χ0) is 29.9. The highest BCUT2D eigenvalue weighted by Gasteiger charge is 2.39. The van der Waals surface area contributed by atoms with Crippen LogP contribution in [0.5, 0.6) is 5.75 Å². The number of amides is 3. The summed E-state index contributed by atoms with van der Waals surface area (Å²) in [6, 6.07) is 6.74. The fourth-order valence-electron chi connectivity index (χ4n) is 4.05. The van der Waals surface area contributed by atoms with Crippen molar-refractivity contribution in [3.8, 4) is 17.1 Å². The van der Waals surface area contributed by atoms with Crippen LogP contribution in [0.3, 0.4) is 0 Å². The largest absolute Gasteiger partial charge is 0.494 e. The highest BCUT2D eigenvalue weighted by atomic mass is 28.4. The summed E-state index contributed by atoms with van der Waals surface area (Å²) in [5.41, 5.74) is 1.62. The molecule has 2 aromatic heterocycles. The summed E-state index contributed by atoms with van der Waals surface area (Å²) >= 11 is 0. The number of hydrogen-bond acceptors (Lipinski definition) is 9. The van der Waals surface area contributed by atoms with E-state index in [4.69, 9.17) is 9.16 Å². The number of carbonyl (C=O) groups excluding carboxylic acids is 2. The molecule has 220 valence electrons. The standard InChI is InChI=1S/C27H39N9O4Si/c1-27(2,3)41(7,8)40-15-17-13-36(14-17)26(38)31-21-12-20(22(33-32-21)25(37)28-4)30-19-11-9-10-18(23(19)39-6)24-29-16-35(5)34-24/h9-12,16-17H,13-15H2,1-8H3,(H,28,37)(H2,30,31,32,38). The quantitative estimate of drug-likeness (QED) is 0.320. The predicted octanol–water partition coefficient (Wildman–Crippen LogP) is 3.87. The molecule has 1 aliphatic rings. The second-order valence-corrected chi connectivity index (χ2v) is 16.4. The fraction of sp³-hybridized carbons (Fsp3) is 0.481. The van der Waals surface area contributed by atoms with E-state index in [1.54, 1.807) is 42.2 Å². The minimum Gasteiger partial charge on any atom is -0.494 e. The second-order valence-electron chi connectivity index (χ2n) is 11.6. The van der Waals surface area contributed by atoms with E-state index in [9.17, 15) is 9.59 Å². The highest BCUT2D eigenvalue weighted by molar-refractivity contribution is 6.74. The number of anilines is 3. The molecule has 1 aliphatic heterocycles. The van der Waals surface area contributed by atoms with Crippen molar-refractivity contribution in [3.05, 3.63) is 36.3 Å². The Morgan fingerprint density at radius 1 is 1.15 bits per heavy atom.